The average molecular weight is 417 g/mol. The SMILES string of the molecule is CS(=O)(=O)N1CCC(NC(=O)c2cc(C(F)(F)F)cc(-n3ccnc3)n2)CC1. The molecule has 0 bridgehead atoms. The molecule has 1 aliphatic heterocycles. The number of amides is 1. The molecule has 0 saturated carbocycles. The molecule has 3 rings (SSSR count). The van der Waals surface area contributed by atoms with Crippen LogP contribution in [0, 0.1) is 0 Å². The number of nitrogens with one attached hydrogen (secondary N) is 1. The van der Waals surface area contributed by atoms with E-state index < -0.39 is 27.7 Å². The molecule has 0 unspecified atom stereocenters. The molecular formula is C16H18F3N5O3S. The molecule has 2 aromatic rings. The van der Waals surface area contributed by atoms with Crippen LogP contribution in [0.5, 0.6) is 0 Å². The van der Waals surface area contributed by atoms with Crippen LogP contribution in [0.3, 0.4) is 0 Å². The zero-order valence-corrected chi connectivity index (χ0v) is 15.7. The largest absolute Gasteiger partial charge is 0.416 e. The summed E-state index contributed by atoms with van der Waals surface area (Å²) in [5, 5.41) is 2.64. The molecule has 1 saturated heterocycles. The summed E-state index contributed by atoms with van der Waals surface area (Å²) in [5.74, 6) is -0.824. The second-order valence-corrected chi connectivity index (χ2v) is 8.46. The second kappa shape index (κ2) is 7.51. The first kappa shape index (κ1) is 20.3. The number of nitrogens with zero attached hydrogens (tertiary/aromatic N) is 4. The highest BCUT2D eigenvalue weighted by atomic mass is 32.2. The molecule has 28 heavy (non-hydrogen) atoms. The lowest BCUT2D eigenvalue weighted by molar-refractivity contribution is -0.137. The second-order valence-electron chi connectivity index (χ2n) is 6.48. The van der Waals surface area contributed by atoms with E-state index in [-0.39, 0.29) is 30.6 Å². The van der Waals surface area contributed by atoms with Crippen LogP contribution in [0.4, 0.5) is 13.2 Å². The van der Waals surface area contributed by atoms with Gasteiger partial charge >= 0.3 is 6.18 Å². The minimum absolute atomic E-state index is 0.0793. The number of pyridine rings is 1. The van der Waals surface area contributed by atoms with Crippen molar-refractivity contribution in [1.29, 1.82) is 0 Å². The van der Waals surface area contributed by atoms with Gasteiger partial charge in [-0.15, -0.1) is 0 Å². The Morgan fingerprint density at radius 1 is 1.25 bits per heavy atom. The predicted octanol–water partition coefficient (Wildman–Crippen LogP) is 1.44. The Balaban J connectivity index is 1.79. The number of imidazole rings is 1. The Hall–Kier alpha value is -2.47. The van der Waals surface area contributed by atoms with E-state index in [1.807, 2.05) is 0 Å². The molecule has 3 heterocycles. The van der Waals surface area contributed by atoms with Gasteiger partial charge in [0, 0.05) is 31.5 Å². The van der Waals surface area contributed by atoms with E-state index in [0.29, 0.717) is 18.9 Å². The fourth-order valence-electron chi connectivity index (χ4n) is 2.91. The molecule has 1 amide bonds. The predicted molar refractivity (Wildman–Crippen MR) is 93.3 cm³/mol. The highest BCUT2D eigenvalue weighted by molar-refractivity contribution is 7.88. The van der Waals surface area contributed by atoms with Crippen molar-refractivity contribution in [2.75, 3.05) is 19.3 Å². The van der Waals surface area contributed by atoms with Crippen molar-refractivity contribution in [1.82, 2.24) is 24.2 Å². The topological polar surface area (TPSA) is 97.2 Å². The van der Waals surface area contributed by atoms with Gasteiger partial charge in [0.2, 0.25) is 10.0 Å². The fourth-order valence-corrected chi connectivity index (χ4v) is 3.79. The van der Waals surface area contributed by atoms with Crippen LogP contribution in [0.15, 0.2) is 30.9 Å². The molecule has 0 atom stereocenters. The van der Waals surface area contributed by atoms with Crippen molar-refractivity contribution >= 4 is 15.9 Å². The summed E-state index contributed by atoms with van der Waals surface area (Å²) < 4.78 is 65.3. The summed E-state index contributed by atoms with van der Waals surface area (Å²) in [5.41, 5.74) is -1.37. The van der Waals surface area contributed by atoms with E-state index >= 15 is 0 Å². The molecule has 1 N–H and O–H groups in total. The van der Waals surface area contributed by atoms with Crippen molar-refractivity contribution in [2.24, 2.45) is 0 Å². The number of sulfonamides is 1. The third-order valence-corrected chi connectivity index (χ3v) is 5.70. The first-order valence-corrected chi connectivity index (χ1v) is 10.2. The molecule has 1 aliphatic rings. The maximum Gasteiger partial charge on any atom is 0.416 e. The van der Waals surface area contributed by atoms with Gasteiger partial charge in [-0.2, -0.15) is 13.2 Å². The molecule has 0 aliphatic carbocycles. The Labute approximate surface area is 159 Å². The first-order valence-electron chi connectivity index (χ1n) is 8.37. The van der Waals surface area contributed by atoms with Gasteiger partial charge in [0.15, 0.2) is 0 Å². The molecule has 0 aromatic carbocycles. The summed E-state index contributed by atoms with van der Waals surface area (Å²) in [6.07, 6.45) is 1.29. The Bertz CT molecular complexity index is 952. The molecule has 8 nitrogen and oxygen atoms in total. The number of halogens is 3. The highest BCUT2D eigenvalue weighted by Crippen LogP contribution is 2.30. The van der Waals surface area contributed by atoms with Gasteiger partial charge in [0.05, 0.1) is 11.8 Å². The molecule has 152 valence electrons. The van der Waals surface area contributed by atoms with Crippen molar-refractivity contribution < 1.29 is 26.4 Å². The number of piperidine rings is 1. The zero-order valence-electron chi connectivity index (χ0n) is 14.8. The van der Waals surface area contributed by atoms with Crippen LogP contribution in [0.25, 0.3) is 5.82 Å². The van der Waals surface area contributed by atoms with E-state index in [1.54, 1.807) is 0 Å². The van der Waals surface area contributed by atoms with Crippen molar-refractivity contribution in [3.8, 4) is 5.82 Å². The third-order valence-electron chi connectivity index (χ3n) is 4.40. The molecule has 12 heteroatoms. The fraction of sp³-hybridized carbons (Fsp3) is 0.438. The standard InChI is InChI=1S/C16H18F3N5O3S/c1-28(26,27)24-5-2-12(3-6-24)21-15(25)13-8-11(16(17,18)19)9-14(22-13)23-7-4-20-10-23/h4,7-10,12H,2-3,5-6H2,1H3,(H,21,25). The van der Waals surface area contributed by atoms with E-state index in [1.165, 1.54) is 27.6 Å². The number of hydrogen-bond acceptors (Lipinski definition) is 5. The quantitative estimate of drug-likeness (QED) is 0.812. The van der Waals surface area contributed by atoms with Crippen LogP contribution < -0.4 is 5.32 Å². The van der Waals surface area contributed by atoms with Crippen LogP contribution >= 0.6 is 0 Å². The van der Waals surface area contributed by atoms with Crippen molar-refractivity contribution in [3.63, 3.8) is 0 Å². The number of hydrogen-bond donors (Lipinski definition) is 1. The van der Waals surface area contributed by atoms with E-state index in [0.717, 1.165) is 12.3 Å². The number of aromatic nitrogens is 3. The number of alkyl halides is 3. The van der Waals surface area contributed by atoms with Crippen LogP contribution in [-0.2, 0) is 16.2 Å². The van der Waals surface area contributed by atoms with Crippen molar-refractivity contribution in [2.45, 2.75) is 25.1 Å². The number of carbonyl (C=O) groups is 1. The van der Waals surface area contributed by atoms with Gasteiger partial charge < -0.3 is 5.32 Å². The van der Waals surface area contributed by atoms with Gasteiger partial charge in [0.25, 0.3) is 5.91 Å². The minimum Gasteiger partial charge on any atom is -0.348 e. The normalized spacial score (nSPS) is 16.9. The number of rotatable bonds is 4. The van der Waals surface area contributed by atoms with Crippen LogP contribution in [-0.4, -0.2) is 58.6 Å². The first-order chi connectivity index (χ1) is 13.0. The zero-order chi connectivity index (χ0) is 20.5. The van der Waals surface area contributed by atoms with Crippen molar-refractivity contribution in [3.05, 3.63) is 42.1 Å². The molecule has 0 spiro atoms. The lowest BCUT2D eigenvalue weighted by atomic mass is 10.1. The monoisotopic (exact) mass is 417 g/mol. The van der Waals surface area contributed by atoms with Gasteiger partial charge in [-0.05, 0) is 25.0 Å². The van der Waals surface area contributed by atoms with Gasteiger partial charge in [-0.25, -0.2) is 22.7 Å². The van der Waals surface area contributed by atoms with Gasteiger partial charge in [-0.1, -0.05) is 0 Å². The van der Waals surface area contributed by atoms with Crippen LogP contribution in [0.2, 0.25) is 0 Å². The van der Waals surface area contributed by atoms with Gasteiger partial charge in [0.1, 0.15) is 17.8 Å². The molecule has 1 fully saturated rings. The van der Waals surface area contributed by atoms with E-state index in [9.17, 15) is 26.4 Å². The molecule has 0 radical (unpaired) electrons. The number of carbonyl (C=O) groups excluding carboxylic acids is 1. The van der Waals surface area contributed by atoms with Crippen LogP contribution in [0.1, 0.15) is 28.9 Å². The Morgan fingerprint density at radius 2 is 1.93 bits per heavy atom. The summed E-state index contributed by atoms with van der Waals surface area (Å²) in [6, 6.07) is 1.18. The average Bonchev–Trinajstić information content (AvgIpc) is 3.15. The Morgan fingerprint density at radius 3 is 2.46 bits per heavy atom. The highest BCUT2D eigenvalue weighted by Gasteiger charge is 2.33. The summed E-state index contributed by atoms with van der Waals surface area (Å²) in [7, 11) is -3.31. The third kappa shape index (κ3) is 4.68. The molecular weight excluding hydrogens is 399 g/mol. The van der Waals surface area contributed by atoms with E-state index in [4.69, 9.17) is 0 Å². The maximum atomic E-state index is 13.2. The minimum atomic E-state index is -4.64. The van der Waals surface area contributed by atoms with E-state index in [2.05, 4.69) is 15.3 Å². The maximum absolute atomic E-state index is 13.2. The Kier molecular flexibility index (Phi) is 5.44. The summed E-state index contributed by atoms with van der Waals surface area (Å²) >= 11 is 0. The summed E-state index contributed by atoms with van der Waals surface area (Å²) in [4.78, 5) is 20.3. The molecule has 2 aromatic heterocycles. The lowest BCUT2D eigenvalue weighted by Gasteiger charge is -2.30. The summed E-state index contributed by atoms with van der Waals surface area (Å²) in [6.45, 7) is 0.472. The lowest BCUT2D eigenvalue weighted by Crippen LogP contribution is -2.46. The van der Waals surface area contributed by atoms with Gasteiger partial charge in [-0.3, -0.25) is 9.36 Å². The smallest absolute Gasteiger partial charge is 0.348 e.